The van der Waals surface area contributed by atoms with E-state index in [9.17, 15) is 0 Å². The van der Waals surface area contributed by atoms with Crippen LogP contribution in [0, 0.1) is 0 Å². The molecule has 0 spiro atoms. The van der Waals surface area contributed by atoms with Crippen LogP contribution < -0.4 is 10.6 Å². The Kier molecular flexibility index (Phi) is 5.09. The van der Waals surface area contributed by atoms with Gasteiger partial charge >= 0.3 is 0 Å². The van der Waals surface area contributed by atoms with Crippen LogP contribution in [0.5, 0.6) is 0 Å². The molecule has 0 aliphatic heterocycles. The lowest BCUT2D eigenvalue weighted by Crippen LogP contribution is -2.32. The fourth-order valence-corrected chi connectivity index (χ4v) is 2.01. The van der Waals surface area contributed by atoms with Gasteiger partial charge in [0, 0.05) is 23.7 Å². The first-order chi connectivity index (χ1) is 7.56. The predicted molar refractivity (Wildman–Crippen MR) is 72.7 cm³/mol. The summed E-state index contributed by atoms with van der Waals surface area (Å²) >= 11 is 3.45. The Morgan fingerprint density at radius 1 is 1.44 bits per heavy atom. The van der Waals surface area contributed by atoms with Gasteiger partial charge in [0.25, 0.3) is 0 Å². The predicted octanol–water partition coefficient (Wildman–Crippen LogP) is 2.63. The molecule has 3 N–H and O–H groups in total. The zero-order valence-electron chi connectivity index (χ0n) is 9.78. The first kappa shape index (κ1) is 13.3. The summed E-state index contributed by atoms with van der Waals surface area (Å²) in [7, 11) is 0. The van der Waals surface area contributed by atoms with Gasteiger partial charge in [0.1, 0.15) is 0 Å². The third-order valence-electron chi connectivity index (χ3n) is 2.48. The van der Waals surface area contributed by atoms with Gasteiger partial charge in [0.15, 0.2) is 0 Å². The van der Waals surface area contributed by atoms with Gasteiger partial charge < -0.3 is 15.7 Å². The van der Waals surface area contributed by atoms with Gasteiger partial charge in [0.2, 0.25) is 0 Å². The van der Waals surface area contributed by atoms with Crippen molar-refractivity contribution in [3.8, 4) is 0 Å². The first-order valence-electron chi connectivity index (χ1n) is 5.48. The monoisotopic (exact) mass is 286 g/mol. The summed E-state index contributed by atoms with van der Waals surface area (Å²) in [6, 6.07) is 6.22. The molecule has 0 unspecified atom stereocenters. The van der Waals surface area contributed by atoms with Gasteiger partial charge in [0.05, 0.1) is 11.4 Å². The maximum absolute atomic E-state index is 8.90. The summed E-state index contributed by atoms with van der Waals surface area (Å²) in [6.07, 6.45) is 0.754. The molecular weight excluding hydrogens is 268 g/mol. The molecule has 1 aromatic carbocycles. The van der Waals surface area contributed by atoms with Gasteiger partial charge in [-0.05, 0) is 38.5 Å². The lowest BCUT2D eigenvalue weighted by Gasteiger charge is -2.30. The van der Waals surface area contributed by atoms with Crippen LogP contribution >= 0.6 is 15.9 Å². The Hall–Kier alpha value is -0.740. The quantitative estimate of drug-likeness (QED) is 0.818. The van der Waals surface area contributed by atoms with Crippen molar-refractivity contribution in [2.45, 2.75) is 26.3 Å². The van der Waals surface area contributed by atoms with Crippen LogP contribution in [0.4, 0.5) is 11.4 Å². The molecule has 3 nitrogen and oxygen atoms in total. The Balaban J connectivity index is 2.95. The van der Waals surface area contributed by atoms with Crippen LogP contribution in [-0.4, -0.2) is 24.3 Å². The van der Waals surface area contributed by atoms with Crippen LogP contribution in [0.3, 0.4) is 0 Å². The number of anilines is 2. The number of benzene rings is 1. The molecule has 0 atom stereocenters. The Bertz CT molecular complexity index is 342. The molecule has 0 fully saturated rings. The molecular formula is C12H19BrN2O. The molecule has 0 aromatic heterocycles. The van der Waals surface area contributed by atoms with Crippen LogP contribution in [0.1, 0.15) is 20.3 Å². The van der Waals surface area contributed by atoms with Crippen molar-refractivity contribution in [2.24, 2.45) is 0 Å². The molecule has 0 heterocycles. The Morgan fingerprint density at radius 3 is 2.69 bits per heavy atom. The van der Waals surface area contributed by atoms with E-state index in [0.717, 1.165) is 28.8 Å². The fraction of sp³-hybridized carbons (Fsp3) is 0.500. The molecule has 1 rings (SSSR count). The zero-order chi connectivity index (χ0) is 12.1. The molecule has 0 radical (unpaired) electrons. The summed E-state index contributed by atoms with van der Waals surface area (Å²) in [5.41, 5.74) is 7.77. The molecule has 0 saturated carbocycles. The van der Waals surface area contributed by atoms with Crippen molar-refractivity contribution in [3.05, 3.63) is 22.7 Å². The number of aliphatic hydroxyl groups is 1. The van der Waals surface area contributed by atoms with E-state index in [4.69, 9.17) is 10.8 Å². The number of aliphatic hydroxyl groups excluding tert-OH is 1. The first-order valence-corrected chi connectivity index (χ1v) is 6.28. The molecule has 1 aromatic rings. The molecule has 4 heteroatoms. The second kappa shape index (κ2) is 6.11. The van der Waals surface area contributed by atoms with Crippen molar-refractivity contribution in [1.29, 1.82) is 0 Å². The van der Waals surface area contributed by atoms with E-state index < -0.39 is 0 Å². The molecule has 0 aliphatic carbocycles. The van der Waals surface area contributed by atoms with Gasteiger partial charge in [-0.15, -0.1) is 0 Å². The van der Waals surface area contributed by atoms with E-state index in [1.165, 1.54) is 0 Å². The largest absolute Gasteiger partial charge is 0.397 e. The van der Waals surface area contributed by atoms with Gasteiger partial charge in [-0.1, -0.05) is 15.9 Å². The average molecular weight is 287 g/mol. The summed E-state index contributed by atoms with van der Waals surface area (Å²) in [5, 5.41) is 8.90. The van der Waals surface area contributed by atoms with Crippen LogP contribution in [0.2, 0.25) is 0 Å². The Morgan fingerprint density at radius 2 is 2.12 bits per heavy atom. The van der Waals surface area contributed by atoms with Crippen LogP contribution in [0.25, 0.3) is 0 Å². The number of nitrogen functional groups attached to an aromatic ring is 1. The second-order valence-corrected chi connectivity index (χ2v) is 4.98. The molecule has 0 saturated heterocycles. The second-order valence-electron chi connectivity index (χ2n) is 4.07. The van der Waals surface area contributed by atoms with E-state index in [0.29, 0.717) is 6.04 Å². The van der Waals surface area contributed by atoms with Crippen LogP contribution in [-0.2, 0) is 0 Å². The number of halogens is 1. The van der Waals surface area contributed by atoms with Crippen molar-refractivity contribution < 1.29 is 5.11 Å². The van der Waals surface area contributed by atoms with Gasteiger partial charge in [-0.25, -0.2) is 0 Å². The maximum Gasteiger partial charge on any atom is 0.0613 e. The van der Waals surface area contributed by atoms with Gasteiger partial charge in [-0.3, -0.25) is 0 Å². The van der Waals surface area contributed by atoms with E-state index in [1.54, 1.807) is 0 Å². The minimum Gasteiger partial charge on any atom is -0.397 e. The molecule has 90 valence electrons. The third kappa shape index (κ3) is 3.39. The zero-order valence-corrected chi connectivity index (χ0v) is 11.4. The molecule has 16 heavy (non-hydrogen) atoms. The van der Waals surface area contributed by atoms with E-state index in [-0.39, 0.29) is 6.61 Å². The molecule has 0 aliphatic rings. The maximum atomic E-state index is 8.90. The number of nitrogens with zero attached hydrogens (tertiary/aromatic N) is 1. The lowest BCUT2D eigenvalue weighted by atomic mass is 10.2. The van der Waals surface area contributed by atoms with E-state index >= 15 is 0 Å². The van der Waals surface area contributed by atoms with Crippen molar-refractivity contribution in [2.75, 3.05) is 23.8 Å². The minimum absolute atomic E-state index is 0.205. The highest BCUT2D eigenvalue weighted by Gasteiger charge is 2.13. The topological polar surface area (TPSA) is 49.5 Å². The summed E-state index contributed by atoms with van der Waals surface area (Å²) in [6.45, 7) is 5.27. The summed E-state index contributed by atoms with van der Waals surface area (Å²) < 4.78 is 1.02. The smallest absolute Gasteiger partial charge is 0.0613 e. The fourth-order valence-electron chi connectivity index (χ4n) is 1.66. The highest BCUT2D eigenvalue weighted by atomic mass is 79.9. The van der Waals surface area contributed by atoms with Crippen molar-refractivity contribution in [1.82, 2.24) is 0 Å². The number of rotatable bonds is 5. The highest BCUT2D eigenvalue weighted by Crippen LogP contribution is 2.28. The van der Waals surface area contributed by atoms with Crippen molar-refractivity contribution >= 4 is 27.3 Å². The third-order valence-corrected chi connectivity index (χ3v) is 2.98. The lowest BCUT2D eigenvalue weighted by molar-refractivity contribution is 0.288. The molecule has 0 bridgehead atoms. The van der Waals surface area contributed by atoms with E-state index in [1.807, 2.05) is 18.2 Å². The normalized spacial score (nSPS) is 10.8. The number of hydrogen-bond donors (Lipinski definition) is 2. The number of hydrogen-bond acceptors (Lipinski definition) is 3. The number of nitrogens with two attached hydrogens (primary N) is 1. The van der Waals surface area contributed by atoms with E-state index in [2.05, 4.69) is 34.7 Å². The SMILES string of the molecule is CC(C)N(CCCO)c1cc(Br)ccc1N. The highest BCUT2D eigenvalue weighted by molar-refractivity contribution is 9.10. The Labute approximate surface area is 105 Å². The average Bonchev–Trinajstić information content (AvgIpc) is 2.23. The standard InChI is InChI=1S/C12H19BrN2O/c1-9(2)15(6-3-7-16)12-8-10(13)4-5-11(12)14/h4-5,8-9,16H,3,6-7,14H2,1-2H3. The summed E-state index contributed by atoms with van der Waals surface area (Å²) in [5.74, 6) is 0. The summed E-state index contributed by atoms with van der Waals surface area (Å²) in [4.78, 5) is 2.20. The van der Waals surface area contributed by atoms with Crippen molar-refractivity contribution in [3.63, 3.8) is 0 Å². The van der Waals surface area contributed by atoms with Gasteiger partial charge in [-0.2, -0.15) is 0 Å². The van der Waals surface area contributed by atoms with Crippen LogP contribution in [0.15, 0.2) is 22.7 Å². The minimum atomic E-state index is 0.205. The molecule has 0 amide bonds.